The molecule has 2 aromatic rings. The third kappa shape index (κ3) is 5.73. The zero-order valence-corrected chi connectivity index (χ0v) is 16.7. The predicted molar refractivity (Wildman–Crippen MR) is 95.3 cm³/mol. The molecule has 12 heteroatoms. The van der Waals surface area contributed by atoms with Gasteiger partial charge in [0.2, 0.25) is 5.89 Å². The Bertz CT molecular complexity index is 841. The molecule has 4 heterocycles. The van der Waals surface area contributed by atoms with Crippen LogP contribution in [0.2, 0.25) is 0 Å². The maximum absolute atomic E-state index is 10.6. The highest BCUT2D eigenvalue weighted by molar-refractivity contribution is 7.09. The molecule has 4 rings (SSSR count). The Balaban J connectivity index is 0.000000298. The number of aliphatic carboxylic acids is 1. The Morgan fingerprint density at radius 2 is 2.07 bits per heavy atom. The molecule has 2 saturated heterocycles. The van der Waals surface area contributed by atoms with Crippen molar-refractivity contribution in [2.45, 2.75) is 39.1 Å². The van der Waals surface area contributed by atoms with Gasteiger partial charge in [-0.2, -0.15) is 18.2 Å². The van der Waals surface area contributed by atoms with Crippen LogP contribution in [0.1, 0.15) is 22.4 Å². The molecule has 0 aromatic carbocycles. The van der Waals surface area contributed by atoms with Gasteiger partial charge in [0.25, 0.3) is 0 Å². The van der Waals surface area contributed by atoms with Crippen molar-refractivity contribution in [2.24, 2.45) is 11.8 Å². The highest BCUT2D eigenvalue weighted by Crippen LogP contribution is 2.36. The van der Waals surface area contributed by atoms with Crippen LogP contribution in [0.15, 0.2) is 9.90 Å². The number of alkyl halides is 3. The second kappa shape index (κ2) is 8.76. The number of carboxylic acid groups (broad SMARTS) is 1. The summed E-state index contributed by atoms with van der Waals surface area (Å²) in [7, 11) is 0. The monoisotopic (exact) mass is 434 g/mol. The van der Waals surface area contributed by atoms with Crippen molar-refractivity contribution in [3.05, 3.63) is 27.8 Å². The lowest BCUT2D eigenvalue weighted by Gasteiger charge is -2.17. The molecule has 29 heavy (non-hydrogen) atoms. The Morgan fingerprint density at radius 1 is 1.34 bits per heavy atom. The fraction of sp³-hybridized carbons (Fsp3) is 0.647. The van der Waals surface area contributed by atoms with E-state index in [4.69, 9.17) is 19.2 Å². The zero-order valence-electron chi connectivity index (χ0n) is 15.8. The van der Waals surface area contributed by atoms with Crippen LogP contribution in [0.5, 0.6) is 0 Å². The number of halogens is 3. The molecule has 2 fully saturated rings. The minimum atomic E-state index is -5.08. The number of likely N-dealkylation sites (tertiary alicyclic amines) is 1. The van der Waals surface area contributed by atoms with Gasteiger partial charge in [-0.15, -0.1) is 11.3 Å². The smallest absolute Gasteiger partial charge is 0.475 e. The Kier molecular flexibility index (Phi) is 6.54. The number of rotatable bonds is 4. The lowest BCUT2D eigenvalue weighted by Crippen LogP contribution is -2.25. The standard InChI is InChI=1S/C15H20N4O2S.C2HF3O2/c1-9-16-15(21-18-9)3-11-7-20-14-6-19(5-13(11)14)4-12-8-22-10(2)17-12;3-2(4,5)1(6)7/h8,11,13-14H,3-7H2,1-2H3;(H,6,7)/t11-,13+,14+;/m0./s1. The average Bonchev–Trinajstić information content (AvgIpc) is 3.37. The molecule has 0 radical (unpaired) electrons. The maximum atomic E-state index is 10.6. The minimum absolute atomic E-state index is 0.341. The highest BCUT2D eigenvalue weighted by Gasteiger charge is 2.44. The van der Waals surface area contributed by atoms with Crippen LogP contribution in [0.4, 0.5) is 13.2 Å². The van der Waals surface area contributed by atoms with E-state index in [2.05, 4.69) is 32.3 Å². The summed E-state index contributed by atoms with van der Waals surface area (Å²) in [5, 5.41) is 14.3. The van der Waals surface area contributed by atoms with E-state index >= 15 is 0 Å². The largest absolute Gasteiger partial charge is 0.490 e. The summed E-state index contributed by atoms with van der Waals surface area (Å²) in [6.07, 6.45) is -3.92. The number of aromatic nitrogens is 3. The molecule has 8 nitrogen and oxygen atoms in total. The summed E-state index contributed by atoms with van der Waals surface area (Å²) in [5.41, 5.74) is 1.17. The van der Waals surface area contributed by atoms with Crippen molar-refractivity contribution in [2.75, 3.05) is 19.7 Å². The minimum Gasteiger partial charge on any atom is -0.475 e. The van der Waals surface area contributed by atoms with Gasteiger partial charge in [0.1, 0.15) is 0 Å². The molecule has 3 atom stereocenters. The molecule has 2 aliphatic heterocycles. The fourth-order valence-electron chi connectivity index (χ4n) is 3.58. The molecular weight excluding hydrogens is 413 g/mol. The molecule has 0 aliphatic carbocycles. The fourth-order valence-corrected chi connectivity index (χ4v) is 4.18. The van der Waals surface area contributed by atoms with E-state index in [0.717, 1.165) is 43.6 Å². The second-order valence-electron chi connectivity index (χ2n) is 7.09. The lowest BCUT2D eigenvalue weighted by atomic mass is 9.90. The van der Waals surface area contributed by atoms with E-state index in [1.54, 1.807) is 11.3 Å². The third-order valence-electron chi connectivity index (χ3n) is 4.82. The van der Waals surface area contributed by atoms with Crippen LogP contribution in [-0.4, -0.2) is 63.1 Å². The first-order valence-corrected chi connectivity index (χ1v) is 9.84. The summed E-state index contributed by atoms with van der Waals surface area (Å²) in [4.78, 5) is 20.2. The molecule has 1 N–H and O–H groups in total. The van der Waals surface area contributed by atoms with Gasteiger partial charge >= 0.3 is 12.1 Å². The van der Waals surface area contributed by atoms with E-state index in [9.17, 15) is 13.2 Å². The van der Waals surface area contributed by atoms with Crippen LogP contribution in [0.3, 0.4) is 0 Å². The maximum Gasteiger partial charge on any atom is 0.490 e. The molecule has 0 unspecified atom stereocenters. The van der Waals surface area contributed by atoms with Crippen LogP contribution in [-0.2, 0) is 22.5 Å². The first kappa shape index (κ1) is 21.7. The molecule has 2 aromatic heterocycles. The molecule has 0 bridgehead atoms. The lowest BCUT2D eigenvalue weighted by molar-refractivity contribution is -0.192. The average molecular weight is 434 g/mol. The van der Waals surface area contributed by atoms with Crippen molar-refractivity contribution < 1.29 is 32.3 Å². The van der Waals surface area contributed by atoms with E-state index in [1.807, 2.05) is 6.92 Å². The predicted octanol–water partition coefficient (Wildman–Crippen LogP) is 2.47. The van der Waals surface area contributed by atoms with Gasteiger partial charge in [0, 0.05) is 37.4 Å². The number of thiazole rings is 1. The highest BCUT2D eigenvalue weighted by atomic mass is 32.1. The van der Waals surface area contributed by atoms with Gasteiger partial charge < -0.3 is 14.4 Å². The molecule has 0 amide bonds. The van der Waals surface area contributed by atoms with Gasteiger partial charge in [-0.25, -0.2) is 9.78 Å². The van der Waals surface area contributed by atoms with Crippen molar-refractivity contribution in [3.63, 3.8) is 0 Å². The van der Waals surface area contributed by atoms with Crippen LogP contribution in [0.25, 0.3) is 0 Å². The van der Waals surface area contributed by atoms with Gasteiger partial charge in [0.05, 0.1) is 23.4 Å². The summed E-state index contributed by atoms with van der Waals surface area (Å²) in [5.74, 6) is -0.274. The van der Waals surface area contributed by atoms with Crippen LogP contribution < -0.4 is 0 Å². The van der Waals surface area contributed by atoms with Crippen molar-refractivity contribution in [1.82, 2.24) is 20.0 Å². The number of hydrogen-bond acceptors (Lipinski definition) is 8. The van der Waals surface area contributed by atoms with Crippen molar-refractivity contribution in [3.8, 4) is 0 Å². The Hall–Kier alpha value is -2.05. The molecule has 160 valence electrons. The quantitative estimate of drug-likeness (QED) is 0.783. The molecular formula is C17H21F3N4O4S. The third-order valence-corrected chi connectivity index (χ3v) is 5.64. The van der Waals surface area contributed by atoms with E-state index in [-0.39, 0.29) is 0 Å². The Labute approximate surface area is 168 Å². The summed E-state index contributed by atoms with van der Waals surface area (Å²) < 4.78 is 43.0. The SMILES string of the molecule is Cc1noc(C[C@H]2CO[C@@H]3CN(Cc4csc(C)n4)C[C@H]23)n1.O=C(O)C(F)(F)F. The van der Waals surface area contributed by atoms with Crippen LogP contribution >= 0.6 is 11.3 Å². The molecule has 2 aliphatic rings. The van der Waals surface area contributed by atoms with E-state index < -0.39 is 12.1 Å². The summed E-state index contributed by atoms with van der Waals surface area (Å²) in [6, 6.07) is 0. The second-order valence-corrected chi connectivity index (χ2v) is 8.15. The summed E-state index contributed by atoms with van der Waals surface area (Å²) >= 11 is 1.72. The number of carboxylic acids is 1. The number of nitrogens with zero attached hydrogens (tertiary/aromatic N) is 4. The number of aryl methyl sites for hydroxylation is 2. The first-order valence-electron chi connectivity index (χ1n) is 8.96. The topological polar surface area (TPSA) is 102 Å². The number of fused-ring (bicyclic) bond motifs is 1. The van der Waals surface area contributed by atoms with Gasteiger partial charge in [-0.1, -0.05) is 5.16 Å². The van der Waals surface area contributed by atoms with Crippen molar-refractivity contribution >= 4 is 17.3 Å². The van der Waals surface area contributed by atoms with E-state index in [1.165, 1.54) is 5.69 Å². The number of ether oxygens (including phenoxy) is 1. The first-order chi connectivity index (χ1) is 13.6. The van der Waals surface area contributed by atoms with Crippen molar-refractivity contribution in [1.29, 1.82) is 0 Å². The molecule has 0 saturated carbocycles. The normalized spacial score (nSPS) is 24.2. The van der Waals surface area contributed by atoms with E-state index in [0.29, 0.717) is 23.8 Å². The van der Waals surface area contributed by atoms with Crippen LogP contribution in [0, 0.1) is 25.7 Å². The number of hydrogen-bond donors (Lipinski definition) is 1. The zero-order chi connectivity index (χ0) is 21.2. The molecule has 0 spiro atoms. The Morgan fingerprint density at radius 3 is 2.62 bits per heavy atom. The van der Waals surface area contributed by atoms with Gasteiger partial charge in [0.15, 0.2) is 5.82 Å². The van der Waals surface area contributed by atoms with Gasteiger partial charge in [-0.05, 0) is 19.8 Å². The van der Waals surface area contributed by atoms with Gasteiger partial charge in [-0.3, -0.25) is 4.90 Å². The number of carbonyl (C=O) groups is 1. The summed E-state index contributed by atoms with van der Waals surface area (Å²) in [6.45, 7) is 7.71.